The summed E-state index contributed by atoms with van der Waals surface area (Å²) < 4.78 is 1.27. The predicted molar refractivity (Wildman–Crippen MR) is 115 cm³/mol. The number of amides is 2. The van der Waals surface area contributed by atoms with Gasteiger partial charge in [-0.15, -0.1) is 11.3 Å². The fraction of sp³-hybridized carbons (Fsp3) is 0.333. The van der Waals surface area contributed by atoms with E-state index in [1.807, 2.05) is 51.3 Å². The highest BCUT2D eigenvalue weighted by molar-refractivity contribution is 7.17. The molecular formula is C21H24N4O3S. The molecule has 0 aliphatic heterocycles. The first-order valence-corrected chi connectivity index (χ1v) is 10.2. The fourth-order valence-corrected chi connectivity index (χ4v) is 3.87. The van der Waals surface area contributed by atoms with Crippen molar-refractivity contribution in [3.8, 4) is 11.1 Å². The van der Waals surface area contributed by atoms with Gasteiger partial charge in [0.05, 0.1) is 18.3 Å². The zero-order valence-corrected chi connectivity index (χ0v) is 17.7. The lowest BCUT2D eigenvalue weighted by Crippen LogP contribution is -2.41. The maximum absolute atomic E-state index is 13.0. The molecule has 0 atom stereocenters. The van der Waals surface area contributed by atoms with E-state index in [0.29, 0.717) is 10.2 Å². The number of carbonyl (C=O) groups excluding carboxylic acids is 2. The Labute approximate surface area is 172 Å². The van der Waals surface area contributed by atoms with Gasteiger partial charge in [0.2, 0.25) is 11.8 Å². The second kappa shape index (κ2) is 8.57. The van der Waals surface area contributed by atoms with Gasteiger partial charge in [0.25, 0.3) is 5.56 Å². The number of rotatable bonds is 6. The molecule has 0 aliphatic carbocycles. The number of aryl methyl sites for hydroxylation is 2. The van der Waals surface area contributed by atoms with E-state index < -0.39 is 5.91 Å². The normalized spacial score (nSPS) is 11.1. The molecule has 0 radical (unpaired) electrons. The average molecular weight is 413 g/mol. The minimum Gasteiger partial charge on any atom is -0.352 e. The number of hydrogen-bond donors (Lipinski definition) is 2. The summed E-state index contributed by atoms with van der Waals surface area (Å²) in [4.78, 5) is 41.9. The van der Waals surface area contributed by atoms with Crippen molar-refractivity contribution in [1.29, 1.82) is 0 Å². The van der Waals surface area contributed by atoms with Gasteiger partial charge < -0.3 is 10.6 Å². The third-order valence-electron chi connectivity index (χ3n) is 4.59. The van der Waals surface area contributed by atoms with Crippen LogP contribution in [-0.4, -0.2) is 34.0 Å². The Morgan fingerprint density at radius 1 is 1.17 bits per heavy atom. The summed E-state index contributed by atoms with van der Waals surface area (Å²) >= 11 is 1.40. The van der Waals surface area contributed by atoms with E-state index in [9.17, 15) is 14.4 Å². The molecule has 2 heterocycles. The van der Waals surface area contributed by atoms with Crippen molar-refractivity contribution in [2.75, 3.05) is 6.54 Å². The standard InChI is InChI=1S/C21H24N4O3S/c1-12(2)24-17(26)8-22-18(27)9-25-11-23-20-19(21(25)28)16(10-29-20)15-6-5-13(3)14(4)7-15/h5-7,10-12H,8-9H2,1-4H3,(H,22,27)(H,24,26). The first-order chi connectivity index (χ1) is 13.8. The number of benzene rings is 1. The monoisotopic (exact) mass is 412 g/mol. The lowest BCUT2D eigenvalue weighted by Gasteiger charge is -2.10. The summed E-state index contributed by atoms with van der Waals surface area (Å²) in [6.45, 7) is 7.43. The van der Waals surface area contributed by atoms with Crippen molar-refractivity contribution in [3.63, 3.8) is 0 Å². The third-order valence-corrected chi connectivity index (χ3v) is 5.47. The second-order valence-electron chi connectivity index (χ2n) is 7.31. The lowest BCUT2D eigenvalue weighted by atomic mass is 10.0. The van der Waals surface area contributed by atoms with Crippen LogP contribution in [0.1, 0.15) is 25.0 Å². The summed E-state index contributed by atoms with van der Waals surface area (Å²) in [6.07, 6.45) is 1.37. The highest BCUT2D eigenvalue weighted by Crippen LogP contribution is 2.31. The molecule has 2 aromatic heterocycles. The lowest BCUT2D eigenvalue weighted by molar-refractivity contribution is -0.126. The van der Waals surface area contributed by atoms with E-state index >= 15 is 0 Å². The number of fused-ring (bicyclic) bond motifs is 1. The largest absolute Gasteiger partial charge is 0.352 e. The molecule has 0 spiro atoms. The molecule has 0 saturated heterocycles. The molecule has 3 rings (SSSR count). The molecule has 8 heteroatoms. The van der Waals surface area contributed by atoms with Gasteiger partial charge >= 0.3 is 0 Å². The maximum atomic E-state index is 13.0. The number of carbonyl (C=O) groups is 2. The van der Waals surface area contributed by atoms with Gasteiger partial charge in [0.1, 0.15) is 11.4 Å². The molecule has 29 heavy (non-hydrogen) atoms. The summed E-state index contributed by atoms with van der Waals surface area (Å²) in [6, 6.07) is 6.06. The quantitative estimate of drug-likeness (QED) is 0.650. The van der Waals surface area contributed by atoms with E-state index in [1.54, 1.807) is 0 Å². The van der Waals surface area contributed by atoms with Crippen LogP contribution in [0.15, 0.2) is 34.7 Å². The van der Waals surface area contributed by atoms with E-state index in [0.717, 1.165) is 16.7 Å². The zero-order valence-electron chi connectivity index (χ0n) is 16.9. The van der Waals surface area contributed by atoms with Gasteiger partial charge in [-0.2, -0.15) is 0 Å². The predicted octanol–water partition coefficient (Wildman–Crippen LogP) is 2.38. The molecule has 1 aromatic carbocycles. The van der Waals surface area contributed by atoms with Crippen LogP contribution in [0.4, 0.5) is 0 Å². The van der Waals surface area contributed by atoms with Gasteiger partial charge in [0.15, 0.2) is 0 Å². The summed E-state index contributed by atoms with van der Waals surface area (Å²) in [7, 11) is 0. The van der Waals surface area contributed by atoms with E-state index in [2.05, 4.69) is 15.6 Å². The second-order valence-corrected chi connectivity index (χ2v) is 8.16. The molecule has 7 nitrogen and oxygen atoms in total. The van der Waals surface area contributed by atoms with E-state index in [4.69, 9.17) is 0 Å². The number of thiophene rings is 1. The molecule has 3 aromatic rings. The van der Waals surface area contributed by atoms with Gasteiger partial charge in [0, 0.05) is 17.0 Å². The zero-order chi connectivity index (χ0) is 21.1. The topological polar surface area (TPSA) is 93.1 Å². The van der Waals surface area contributed by atoms with Crippen LogP contribution in [0.3, 0.4) is 0 Å². The Morgan fingerprint density at radius 2 is 1.93 bits per heavy atom. The number of nitrogens with zero attached hydrogens (tertiary/aromatic N) is 2. The molecule has 0 aliphatic rings. The minimum atomic E-state index is -0.421. The highest BCUT2D eigenvalue weighted by Gasteiger charge is 2.15. The van der Waals surface area contributed by atoms with Gasteiger partial charge in [-0.3, -0.25) is 19.0 Å². The SMILES string of the molecule is Cc1ccc(-c2csc3ncn(CC(=O)NCC(=O)NC(C)C)c(=O)c23)cc1C. The van der Waals surface area contributed by atoms with Crippen LogP contribution >= 0.6 is 11.3 Å². The Balaban J connectivity index is 1.84. The van der Waals surface area contributed by atoms with Crippen LogP contribution in [0.25, 0.3) is 21.3 Å². The van der Waals surface area contributed by atoms with Crippen molar-refractivity contribution in [1.82, 2.24) is 20.2 Å². The number of aromatic nitrogens is 2. The van der Waals surface area contributed by atoms with Crippen molar-refractivity contribution >= 4 is 33.4 Å². The van der Waals surface area contributed by atoms with Crippen molar-refractivity contribution in [3.05, 3.63) is 51.4 Å². The molecule has 0 unspecified atom stereocenters. The van der Waals surface area contributed by atoms with Gasteiger partial charge in [-0.05, 0) is 44.4 Å². The molecule has 0 bridgehead atoms. The van der Waals surface area contributed by atoms with Gasteiger partial charge in [-0.1, -0.05) is 18.2 Å². The molecule has 2 N–H and O–H groups in total. The molecule has 0 saturated carbocycles. The van der Waals surface area contributed by atoms with Crippen molar-refractivity contribution < 1.29 is 9.59 Å². The van der Waals surface area contributed by atoms with Crippen LogP contribution in [0.5, 0.6) is 0 Å². The van der Waals surface area contributed by atoms with E-state index in [1.165, 1.54) is 27.8 Å². The Hall–Kier alpha value is -3.00. The van der Waals surface area contributed by atoms with Crippen LogP contribution in [0.2, 0.25) is 0 Å². The van der Waals surface area contributed by atoms with Crippen molar-refractivity contribution in [2.45, 2.75) is 40.3 Å². The molecule has 152 valence electrons. The fourth-order valence-electron chi connectivity index (χ4n) is 2.96. The van der Waals surface area contributed by atoms with Crippen LogP contribution < -0.4 is 16.2 Å². The number of hydrogen-bond acceptors (Lipinski definition) is 5. The Bertz CT molecular complexity index is 1130. The summed E-state index contributed by atoms with van der Waals surface area (Å²) in [5.74, 6) is -0.695. The Morgan fingerprint density at radius 3 is 2.62 bits per heavy atom. The molecular weight excluding hydrogens is 388 g/mol. The highest BCUT2D eigenvalue weighted by atomic mass is 32.1. The molecule has 2 amide bonds. The maximum Gasteiger partial charge on any atom is 0.263 e. The smallest absolute Gasteiger partial charge is 0.263 e. The van der Waals surface area contributed by atoms with E-state index in [-0.39, 0.29) is 30.6 Å². The third kappa shape index (κ3) is 4.71. The first-order valence-electron chi connectivity index (χ1n) is 9.36. The Kier molecular flexibility index (Phi) is 6.12. The summed E-state index contributed by atoms with van der Waals surface area (Å²) in [5.41, 5.74) is 3.82. The van der Waals surface area contributed by atoms with Crippen LogP contribution in [-0.2, 0) is 16.1 Å². The molecule has 0 fully saturated rings. The number of nitrogens with one attached hydrogen (secondary N) is 2. The van der Waals surface area contributed by atoms with Crippen LogP contribution in [0, 0.1) is 13.8 Å². The summed E-state index contributed by atoms with van der Waals surface area (Å²) in [5, 5.41) is 7.65. The van der Waals surface area contributed by atoms with Crippen molar-refractivity contribution in [2.24, 2.45) is 0 Å². The first kappa shape index (κ1) is 20.7. The average Bonchev–Trinajstić information content (AvgIpc) is 3.09. The van der Waals surface area contributed by atoms with Gasteiger partial charge in [-0.25, -0.2) is 4.98 Å². The minimum absolute atomic E-state index is 0.00366.